The van der Waals surface area contributed by atoms with Gasteiger partial charge in [0.2, 0.25) is 5.91 Å². The molecule has 0 spiro atoms. The van der Waals surface area contributed by atoms with Gasteiger partial charge < -0.3 is 15.0 Å². The van der Waals surface area contributed by atoms with Crippen molar-refractivity contribution < 1.29 is 13.9 Å². The van der Waals surface area contributed by atoms with Crippen molar-refractivity contribution in [3.8, 4) is 6.07 Å². The highest BCUT2D eigenvalue weighted by molar-refractivity contribution is 5.85. The summed E-state index contributed by atoms with van der Waals surface area (Å²) in [6, 6.07) is 5.56. The molecule has 1 saturated heterocycles. The molecular formula is C13H14FN3O2. The van der Waals surface area contributed by atoms with E-state index >= 15 is 0 Å². The van der Waals surface area contributed by atoms with Crippen molar-refractivity contribution in [2.45, 2.75) is 6.04 Å². The third-order valence-corrected chi connectivity index (χ3v) is 3.06. The zero-order chi connectivity index (χ0) is 13.8. The molecule has 100 valence electrons. The van der Waals surface area contributed by atoms with E-state index in [0.717, 1.165) is 0 Å². The number of morpholine rings is 1. The highest BCUT2D eigenvalue weighted by Crippen LogP contribution is 2.24. The largest absolute Gasteiger partial charge is 0.377 e. The van der Waals surface area contributed by atoms with Crippen LogP contribution in [0.25, 0.3) is 0 Å². The minimum atomic E-state index is -0.554. The van der Waals surface area contributed by atoms with E-state index in [-0.39, 0.29) is 18.1 Å². The van der Waals surface area contributed by atoms with Gasteiger partial charge in [-0.3, -0.25) is 4.79 Å². The first-order valence-electron chi connectivity index (χ1n) is 5.93. The van der Waals surface area contributed by atoms with E-state index in [9.17, 15) is 9.18 Å². The zero-order valence-corrected chi connectivity index (χ0v) is 10.5. The van der Waals surface area contributed by atoms with Crippen LogP contribution in [0.15, 0.2) is 18.2 Å². The zero-order valence-electron chi connectivity index (χ0n) is 10.5. The average molecular weight is 263 g/mol. The second-order valence-electron chi connectivity index (χ2n) is 4.18. The number of anilines is 1. The summed E-state index contributed by atoms with van der Waals surface area (Å²) in [5, 5.41) is 11.3. The number of hydrogen-bond acceptors (Lipinski definition) is 4. The summed E-state index contributed by atoms with van der Waals surface area (Å²) in [4.78, 5) is 13.4. The SMILES string of the molecule is CNC(=O)C1COCCN1c1ccc(C#N)cc1F. The molecule has 19 heavy (non-hydrogen) atoms. The van der Waals surface area contributed by atoms with E-state index in [1.54, 1.807) is 4.90 Å². The maximum atomic E-state index is 14.0. The molecule has 6 heteroatoms. The van der Waals surface area contributed by atoms with E-state index in [1.165, 1.54) is 25.2 Å². The Kier molecular flexibility index (Phi) is 3.97. The number of amides is 1. The lowest BCUT2D eigenvalue weighted by Gasteiger charge is -2.36. The lowest BCUT2D eigenvalue weighted by Crippen LogP contribution is -2.53. The van der Waals surface area contributed by atoms with Crippen molar-refractivity contribution in [2.75, 3.05) is 31.7 Å². The molecule has 1 unspecified atom stereocenters. The van der Waals surface area contributed by atoms with E-state index in [1.807, 2.05) is 6.07 Å². The Morgan fingerprint density at radius 1 is 1.63 bits per heavy atom. The molecule has 0 saturated carbocycles. The van der Waals surface area contributed by atoms with E-state index in [2.05, 4.69) is 5.32 Å². The first-order chi connectivity index (χ1) is 9.17. The Labute approximate surface area is 110 Å². The first-order valence-corrected chi connectivity index (χ1v) is 5.93. The van der Waals surface area contributed by atoms with Gasteiger partial charge >= 0.3 is 0 Å². The number of halogens is 1. The fourth-order valence-corrected chi connectivity index (χ4v) is 2.09. The van der Waals surface area contributed by atoms with Crippen molar-refractivity contribution in [1.29, 1.82) is 5.26 Å². The summed E-state index contributed by atoms with van der Waals surface area (Å²) in [6.45, 7) is 1.09. The lowest BCUT2D eigenvalue weighted by molar-refractivity contribution is -0.124. The normalized spacial score (nSPS) is 18.8. The quantitative estimate of drug-likeness (QED) is 0.850. The molecule has 1 amide bonds. The predicted octanol–water partition coefficient (Wildman–Crippen LogP) is 0.649. The number of ether oxygens (including phenoxy) is 1. The third-order valence-electron chi connectivity index (χ3n) is 3.06. The molecule has 1 aromatic rings. The molecular weight excluding hydrogens is 249 g/mol. The molecule has 1 aliphatic heterocycles. The molecule has 1 aromatic carbocycles. The molecule has 1 fully saturated rings. The van der Waals surface area contributed by atoms with Gasteiger partial charge in [0.1, 0.15) is 11.9 Å². The molecule has 0 radical (unpaired) electrons. The molecule has 1 heterocycles. The summed E-state index contributed by atoms with van der Waals surface area (Å²) in [5.41, 5.74) is 0.571. The number of carbonyl (C=O) groups is 1. The number of benzene rings is 1. The molecule has 1 aliphatic rings. The summed E-state index contributed by atoms with van der Waals surface area (Å²) in [5.74, 6) is -0.724. The number of nitrogens with one attached hydrogen (secondary N) is 1. The number of carbonyl (C=O) groups excluding carboxylic acids is 1. The maximum Gasteiger partial charge on any atom is 0.244 e. The fraction of sp³-hybridized carbons (Fsp3) is 0.385. The summed E-state index contributed by atoms with van der Waals surface area (Å²) in [6.07, 6.45) is 0. The molecule has 2 rings (SSSR count). The number of rotatable bonds is 2. The van der Waals surface area contributed by atoms with Crippen LogP contribution in [-0.4, -0.2) is 38.8 Å². The van der Waals surface area contributed by atoms with Gasteiger partial charge in [-0.25, -0.2) is 4.39 Å². The van der Waals surface area contributed by atoms with Crippen LogP contribution in [0, 0.1) is 17.1 Å². The highest BCUT2D eigenvalue weighted by Gasteiger charge is 2.30. The van der Waals surface area contributed by atoms with Crippen molar-refractivity contribution in [3.63, 3.8) is 0 Å². The van der Waals surface area contributed by atoms with Gasteiger partial charge in [0.15, 0.2) is 0 Å². The summed E-state index contributed by atoms with van der Waals surface area (Å²) >= 11 is 0. The molecule has 1 N–H and O–H groups in total. The van der Waals surface area contributed by atoms with E-state index in [4.69, 9.17) is 10.00 Å². The van der Waals surface area contributed by atoms with Crippen LogP contribution >= 0.6 is 0 Å². The van der Waals surface area contributed by atoms with Crippen molar-refractivity contribution in [1.82, 2.24) is 5.32 Å². The molecule has 0 aliphatic carbocycles. The fourth-order valence-electron chi connectivity index (χ4n) is 2.09. The predicted molar refractivity (Wildman–Crippen MR) is 67.1 cm³/mol. The highest BCUT2D eigenvalue weighted by atomic mass is 19.1. The molecule has 1 atom stereocenters. The first kappa shape index (κ1) is 13.3. The second-order valence-corrected chi connectivity index (χ2v) is 4.18. The standard InChI is InChI=1S/C13H14FN3O2/c1-16-13(18)12-8-19-5-4-17(12)11-3-2-9(7-15)6-10(11)14/h2-3,6,12H,4-5,8H2,1H3,(H,16,18). The Hall–Kier alpha value is -2.13. The number of nitriles is 1. The van der Waals surface area contributed by atoms with Gasteiger partial charge in [0.05, 0.1) is 30.5 Å². The Morgan fingerprint density at radius 3 is 3.05 bits per heavy atom. The minimum absolute atomic E-state index is 0.219. The Bertz CT molecular complexity index is 527. The van der Waals surface area contributed by atoms with Crippen LogP contribution < -0.4 is 10.2 Å². The number of nitrogens with zero attached hydrogens (tertiary/aromatic N) is 2. The van der Waals surface area contributed by atoms with E-state index < -0.39 is 11.9 Å². The average Bonchev–Trinajstić information content (AvgIpc) is 2.46. The van der Waals surface area contributed by atoms with Gasteiger partial charge in [-0.05, 0) is 18.2 Å². The number of likely N-dealkylation sites (N-methyl/N-ethyl adjacent to an activating group) is 1. The monoisotopic (exact) mass is 263 g/mol. The third kappa shape index (κ3) is 2.66. The maximum absolute atomic E-state index is 14.0. The van der Waals surface area contributed by atoms with Crippen molar-refractivity contribution in [2.24, 2.45) is 0 Å². The summed E-state index contributed by atoms with van der Waals surface area (Å²) < 4.78 is 19.3. The van der Waals surface area contributed by atoms with Gasteiger partial charge in [0.25, 0.3) is 0 Å². The summed E-state index contributed by atoms with van der Waals surface area (Å²) in [7, 11) is 1.53. The molecule has 0 bridgehead atoms. The van der Waals surface area contributed by atoms with E-state index in [0.29, 0.717) is 18.8 Å². The van der Waals surface area contributed by atoms with Crippen LogP contribution in [-0.2, 0) is 9.53 Å². The van der Waals surface area contributed by atoms with Crippen LogP contribution in [0.4, 0.5) is 10.1 Å². The van der Waals surface area contributed by atoms with Crippen LogP contribution in [0.1, 0.15) is 5.56 Å². The van der Waals surface area contributed by atoms with Crippen LogP contribution in [0.5, 0.6) is 0 Å². The lowest BCUT2D eigenvalue weighted by atomic mass is 10.1. The Morgan fingerprint density at radius 2 is 2.42 bits per heavy atom. The molecule has 0 aromatic heterocycles. The topological polar surface area (TPSA) is 65.4 Å². The van der Waals surface area contributed by atoms with Crippen LogP contribution in [0.3, 0.4) is 0 Å². The van der Waals surface area contributed by atoms with Crippen molar-refractivity contribution >= 4 is 11.6 Å². The van der Waals surface area contributed by atoms with Gasteiger partial charge in [0, 0.05) is 13.6 Å². The molecule has 5 nitrogen and oxygen atoms in total. The Balaban J connectivity index is 2.32. The minimum Gasteiger partial charge on any atom is -0.377 e. The van der Waals surface area contributed by atoms with Crippen molar-refractivity contribution in [3.05, 3.63) is 29.6 Å². The van der Waals surface area contributed by atoms with Gasteiger partial charge in [-0.1, -0.05) is 0 Å². The smallest absolute Gasteiger partial charge is 0.244 e. The van der Waals surface area contributed by atoms with Gasteiger partial charge in [-0.15, -0.1) is 0 Å². The van der Waals surface area contributed by atoms with Crippen LogP contribution in [0.2, 0.25) is 0 Å². The second kappa shape index (κ2) is 5.67. The van der Waals surface area contributed by atoms with Gasteiger partial charge in [-0.2, -0.15) is 5.26 Å². The number of hydrogen-bond donors (Lipinski definition) is 1.